The number of allylic oxidation sites excluding steroid dienone is 6. The van der Waals surface area contributed by atoms with Crippen LogP contribution in [0.15, 0.2) is 47.6 Å². The highest BCUT2D eigenvalue weighted by atomic mass is 28.4. The van der Waals surface area contributed by atoms with Crippen LogP contribution in [0, 0.1) is 11.3 Å². The van der Waals surface area contributed by atoms with Crippen LogP contribution in [0.3, 0.4) is 0 Å². The second-order valence-corrected chi connectivity index (χ2v) is 17.2. The summed E-state index contributed by atoms with van der Waals surface area (Å²) in [4.78, 5) is 38.6. The summed E-state index contributed by atoms with van der Waals surface area (Å²) in [6.07, 6.45) is 9.62. The van der Waals surface area contributed by atoms with E-state index >= 15 is 0 Å². The van der Waals surface area contributed by atoms with Gasteiger partial charge in [0.15, 0.2) is 14.1 Å². The van der Waals surface area contributed by atoms with Crippen molar-refractivity contribution < 1.29 is 28.3 Å². The van der Waals surface area contributed by atoms with E-state index in [4.69, 9.17) is 13.9 Å². The van der Waals surface area contributed by atoms with Crippen LogP contribution in [0.1, 0.15) is 61.3 Å². The lowest BCUT2D eigenvalue weighted by atomic mass is 9.67. The van der Waals surface area contributed by atoms with Crippen LogP contribution in [-0.2, 0) is 23.5 Å². The van der Waals surface area contributed by atoms with Crippen molar-refractivity contribution >= 4 is 26.2 Å². The van der Waals surface area contributed by atoms with E-state index in [0.717, 1.165) is 11.1 Å². The Labute approximate surface area is 222 Å². The summed E-state index contributed by atoms with van der Waals surface area (Å²) < 4.78 is 18.6. The Morgan fingerprint density at radius 3 is 2.38 bits per heavy atom. The maximum Gasteiger partial charge on any atom is 0.407 e. The highest BCUT2D eigenvalue weighted by molar-refractivity contribution is 6.74. The summed E-state index contributed by atoms with van der Waals surface area (Å²) in [6, 6.07) is -0.633. The molecule has 3 heterocycles. The molecule has 1 aliphatic carbocycles. The fourth-order valence-electron chi connectivity index (χ4n) is 4.82. The zero-order valence-electron chi connectivity index (χ0n) is 23.7. The molecule has 204 valence electrons. The van der Waals surface area contributed by atoms with Gasteiger partial charge < -0.3 is 19.2 Å². The Kier molecular flexibility index (Phi) is 8.44. The molecule has 4 rings (SSSR count). The predicted octanol–water partition coefficient (Wildman–Crippen LogP) is 5.79. The van der Waals surface area contributed by atoms with Crippen LogP contribution in [0.5, 0.6) is 0 Å². The molecule has 2 saturated heterocycles. The third-order valence-corrected chi connectivity index (χ3v) is 12.9. The van der Waals surface area contributed by atoms with Gasteiger partial charge in [0.2, 0.25) is 0 Å². The van der Waals surface area contributed by atoms with Gasteiger partial charge in [-0.25, -0.2) is 4.79 Å². The third kappa shape index (κ3) is 6.34. The number of ether oxygens (including phenoxy) is 2. The number of hydrogen-bond acceptors (Lipinski definition) is 6. The first-order valence-electron chi connectivity index (χ1n) is 13.1. The predicted molar refractivity (Wildman–Crippen MR) is 146 cm³/mol. The maximum atomic E-state index is 13.6. The number of esters is 1. The molecule has 4 aliphatic rings. The van der Waals surface area contributed by atoms with E-state index in [1.807, 2.05) is 39.0 Å². The summed E-state index contributed by atoms with van der Waals surface area (Å²) in [5, 5.41) is 2.78. The molecule has 37 heavy (non-hydrogen) atoms. The van der Waals surface area contributed by atoms with E-state index in [-0.39, 0.29) is 29.3 Å². The molecule has 1 amide bonds. The van der Waals surface area contributed by atoms with Gasteiger partial charge in [0, 0.05) is 18.8 Å². The Morgan fingerprint density at radius 2 is 1.73 bits per heavy atom. The van der Waals surface area contributed by atoms with Crippen molar-refractivity contribution in [2.45, 2.75) is 104 Å². The number of nitrogens with one attached hydrogen (secondary N) is 1. The number of fused-ring (bicyclic) bond motifs is 8. The van der Waals surface area contributed by atoms with Crippen molar-refractivity contribution in [3.05, 3.63) is 47.6 Å². The van der Waals surface area contributed by atoms with Gasteiger partial charge in [-0.1, -0.05) is 69.2 Å². The lowest BCUT2D eigenvalue weighted by molar-refractivity contribution is -0.203. The van der Waals surface area contributed by atoms with Crippen molar-refractivity contribution in [3.63, 3.8) is 0 Å². The van der Waals surface area contributed by atoms with E-state index in [9.17, 15) is 14.4 Å². The number of carbonyl (C=O) groups excluding carboxylic acids is 3. The van der Waals surface area contributed by atoms with E-state index in [1.165, 1.54) is 6.08 Å². The Hall–Kier alpha value is -2.45. The first-order chi connectivity index (χ1) is 17.0. The molecule has 8 heteroatoms. The van der Waals surface area contributed by atoms with Gasteiger partial charge in [0.05, 0.1) is 12.1 Å². The minimum Gasteiger partial charge on any atom is -0.461 e. The standard InChI is InChI=1S/C29H43NO6Si/c1-18-10-13-21(31)14-11-19(2)16-24-29(7)25(35-27(33)30-24)20(3)23(34-26(29)32)17-22(15-12-18)36-37(8,9)28(4,5)6/h10-12,14-16,20,22-25H,13,17H2,1-9H3,(H,30,33)/b14-11+,15-12+,18-10+,19-16+/t20-,22-,23-,24-,25+,29+/m1/s1. The lowest BCUT2D eigenvalue weighted by Crippen LogP contribution is -2.68. The van der Waals surface area contributed by atoms with Crippen molar-refractivity contribution in [2.24, 2.45) is 11.3 Å². The molecule has 0 unspecified atom stereocenters. The minimum atomic E-state index is -2.16. The fraction of sp³-hybridized carbons (Fsp3) is 0.621. The van der Waals surface area contributed by atoms with Crippen LogP contribution in [0.4, 0.5) is 4.79 Å². The molecule has 1 N–H and O–H groups in total. The number of rotatable bonds is 2. The Balaban J connectivity index is 2.07. The quantitative estimate of drug-likeness (QED) is 0.360. The number of hydrogen-bond donors (Lipinski definition) is 1. The molecular weight excluding hydrogens is 486 g/mol. The zero-order valence-corrected chi connectivity index (χ0v) is 24.7. The molecular formula is C29H43NO6Si. The number of amides is 1. The van der Waals surface area contributed by atoms with E-state index in [2.05, 4.69) is 39.2 Å². The molecule has 0 spiro atoms. The third-order valence-electron chi connectivity index (χ3n) is 8.38. The van der Waals surface area contributed by atoms with Gasteiger partial charge in [0.25, 0.3) is 0 Å². The van der Waals surface area contributed by atoms with Crippen LogP contribution < -0.4 is 5.32 Å². The van der Waals surface area contributed by atoms with Gasteiger partial charge in [-0.2, -0.15) is 0 Å². The van der Waals surface area contributed by atoms with Gasteiger partial charge in [0.1, 0.15) is 17.6 Å². The molecule has 0 saturated carbocycles. The number of ketones is 1. The Bertz CT molecular complexity index is 1050. The van der Waals surface area contributed by atoms with Gasteiger partial charge in [-0.3, -0.25) is 9.59 Å². The van der Waals surface area contributed by atoms with Crippen molar-refractivity contribution in [2.75, 3.05) is 0 Å². The highest BCUT2D eigenvalue weighted by Gasteiger charge is 2.61. The van der Waals surface area contributed by atoms with E-state index < -0.39 is 44.0 Å². The summed E-state index contributed by atoms with van der Waals surface area (Å²) in [5.41, 5.74) is 0.606. The summed E-state index contributed by atoms with van der Waals surface area (Å²) >= 11 is 0. The summed E-state index contributed by atoms with van der Waals surface area (Å²) in [6.45, 7) is 18.5. The van der Waals surface area contributed by atoms with Crippen molar-refractivity contribution in [1.29, 1.82) is 0 Å². The van der Waals surface area contributed by atoms with E-state index in [0.29, 0.717) is 6.42 Å². The molecule has 2 fully saturated rings. The molecule has 6 atom stereocenters. The average Bonchev–Trinajstić information content (AvgIpc) is 2.78. The fourth-order valence-corrected chi connectivity index (χ4v) is 6.10. The second-order valence-electron chi connectivity index (χ2n) is 12.4. The maximum absolute atomic E-state index is 13.6. The van der Waals surface area contributed by atoms with Crippen LogP contribution in [0.25, 0.3) is 0 Å². The zero-order chi connectivity index (χ0) is 27.8. The molecule has 0 radical (unpaired) electrons. The Morgan fingerprint density at radius 1 is 1.05 bits per heavy atom. The van der Waals surface area contributed by atoms with Crippen LogP contribution in [-0.4, -0.2) is 50.5 Å². The summed E-state index contributed by atoms with van der Waals surface area (Å²) in [5.74, 6) is -0.688. The second kappa shape index (κ2) is 10.7. The van der Waals surface area contributed by atoms with Gasteiger partial charge in [-0.15, -0.1) is 0 Å². The van der Waals surface area contributed by atoms with Gasteiger partial charge >= 0.3 is 12.1 Å². The smallest absolute Gasteiger partial charge is 0.407 e. The monoisotopic (exact) mass is 529 g/mol. The molecule has 0 aromatic heterocycles. The lowest BCUT2D eigenvalue weighted by Gasteiger charge is -2.51. The number of alkyl carbamates (subject to hydrolysis) is 1. The van der Waals surface area contributed by atoms with E-state index in [1.54, 1.807) is 19.1 Å². The SMILES string of the molecule is CC1=C\CC(=O)/C=C/C(C)=C/[C@H]2NC(=O)O[C@H]3[C@H](C)[C@@H](C[C@H](O[Si](C)(C)C(C)(C)C)\C=C\1)OC(=O)[C@@]23C. The van der Waals surface area contributed by atoms with Gasteiger partial charge in [-0.05, 0) is 45.0 Å². The average molecular weight is 530 g/mol. The molecule has 3 aliphatic heterocycles. The number of carbonyl (C=O) groups is 3. The van der Waals surface area contributed by atoms with Crippen molar-refractivity contribution in [3.8, 4) is 0 Å². The molecule has 7 nitrogen and oxygen atoms in total. The summed E-state index contributed by atoms with van der Waals surface area (Å²) in [7, 11) is -2.16. The van der Waals surface area contributed by atoms with Crippen LogP contribution >= 0.6 is 0 Å². The minimum absolute atomic E-state index is 0.00655. The molecule has 4 bridgehead atoms. The highest BCUT2D eigenvalue weighted by Crippen LogP contribution is 2.45. The van der Waals surface area contributed by atoms with Crippen LogP contribution in [0.2, 0.25) is 18.1 Å². The topological polar surface area (TPSA) is 90.9 Å². The largest absolute Gasteiger partial charge is 0.461 e. The molecule has 0 aromatic carbocycles. The first kappa shape index (κ1) is 29.1. The first-order valence-corrected chi connectivity index (χ1v) is 16.1. The van der Waals surface area contributed by atoms with Crippen molar-refractivity contribution in [1.82, 2.24) is 5.32 Å². The molecule has 0 aromatic rings. The normalized spacial score (nSPS) is 38.2.